The first-order valence-electron chi connectivity index (χ1n) is 33.8. The molecule has 23 nitrogen and oxygen atoms in total. The summed E-state index contributed by atoms with van der Waals surface area (Å²) in [5.74, 6) is 1.03. The number of para-hydroxylation sites is 4. The number of carbonyl (C=O) groups excluding carboxylic acids is 4. The second-order valence-corrected chi connectivity index (χ2v) is 26.6. The van der Waals surface area contributed by atoms with E-state index in [0.29, 0.717) is 65.9 Å². The number of esters is 1. The van der Waals surface area contributed by atoms with Crippen LogP contribution in [0, 0.1) is 23.7 Å². The van der Waals surface area contributed by atoms with Gasteiger partial charge in [0.25, 0.3) is 23.5 Å². The standard InChI is InChI=1S/C33H45N5O5.C28H36N4O4.C6H12ClNO.CH2O3.2CH4.2K.H/c1-3-36(4-2)29(39)20-43-35-31(33(41)42)30-32(40)38(28-14-6-5-13-27(28)34-30)26-18-23-11-8-12-24(19-26)37(23)25-16-21-9-7-10-22(15-21)17-25;1-36-28(34)26(30-35)25-27(33)32(24-11-3-2-10-23(24)29-25)22-15-19-8-5-9-20(16-22)31(19)21-13-17-6-4-7-18(12-17)14-21;1-3-8(4-2)6(9)5-7;2-1-4-3;;;;;/h5-6,13-14,21-26H,3-4,7-12,15-20H2,1-2H3,(H,41,42);2-3,10-11,17-22,35H,4-9,12-16H2,1H3;3-5H2,1-2H3;1,3H;2*1H4;;;/q;;;;;;2*+1;-1/p-1/b35-31-;30-26-;;;;;;;/t21?,22?,23-,24+,25?,26?;17?,18?,19-,20+,21?,22?;;;;;;;. The maximum absolute atomic E-state index is 14.2. The third-order valence-electron chi connectivity index (χ3n) is 21.2. The molecule has 4 aliphatic carbocycles. The normalized spacial score (nSPS) is 26.5. The van der Waals surface area contributed by atoms with Gasteiger partial charge in [-0.25, -0.2) is 19.6 Å². The van der Waals surface area contributed by atoms with Gasteiger partial charge in [0.15, 0.2) is 18.0 Å². The van der Waals surface area contributed by atoms with E-state index in [-0.39, 0.29) is 167 Å². The quantitative estimate of drug-likeness (QED) is 0.0222. The Balaban J connectivity index is 0.000000337. The summed E-state index contributed by atoms with van der Waals surface area (Å²) in [5.41, 5.74) is 0.307. The zero-order valence-electron chi connectivity index (χ0n) is 57.2. The third-order valence-corrected chi connectivity index (χ3v) is 21.5. The van der Waals surface area contributed by atoms with Crippen molar-refractivity contribution in [1.82, 2.24) is 38.7 Å². The van der Waals surface area contributed by atoms with Crippen molar-refractivity contribution in [3.63, 3.8) is 0 Å². The number of rotatable bonds is 17. The minimum absolute atomic E-state index is 0. The minimum atomic E-state index is -1.42. The predicted octanol–water partition coefficient (Wildman–Crippen LogP) is 3.79. The number of oxime groups is 2. The molecule has 2 aromatic carbocycles. The Bertz CT molecular complexity index is 3360. The molecule has 12 rings (SSSR count). The summed E-state index contributed by atoms with van der Waals surface area (Å²) in [6.07, 6.45) is 27.1. The van der Waals surface area contributed by atoms with Crippen LogP contribution in [-0.4, -0.2) is 173 Å². The summed E-state index contributed by atoms with van der Waals surface area (Å²) in [4.78, 5) is 110. The molecule has 520 valence electrons. The van der Waals surface area contributed by atoms with E-state index < -0.39 is 41.1 Å². The summed E-state index contributed by atoms with van der Waals surface area (Å²) < 4.78 is 8.37. The Hall–Kier alpha value is -3.55. The smallest absolute Gasteiger partial charge is 1.00 e. The molecule has 2 amide bonds. The Morgan fingerprint density at radius 1 is 0.594 bits per heavy atom. The maximum Gasteiger partial charge on any atom is 1.00 e. The number of carboxylic acids is 1. The van der Waals surface area contributed by atoms with Crippen molar-refractivity contribution in [3.05, 3.63) is 80.6 Å². The summed E-state index contributed by atoms with van der Waals surface area (Å²) in [7, 11) is 1.20. The molecular formula is C70H103ClK2N10O13. The number of piperidine rings is 4. The van der Waals surface area contributed by atoms with Crippen LogP contribution in [-0.2, 0) is 38.4 Å². The number of halogens is 1. The summed E-state index contributed by atoms with van der Waals surface area (Å²) in [5, 5.41) is 34.9. The molecule has 4 saturated heterocycles. The van der Waals surface area contributed by atoms with Crippen molar-refractivity contribution in [1.29, 1.82) is 0 Å². The molecule has 2 aromatic heterocycles. The third kappa shape index (κ3) is 19.7. The number of hydrogen-bond donors (Lipinski definition) is 2. The number of carbonyl (C=O) groups is 5. The van der Waals surface area contributed by atoms with Gasteiger partial charge in [0.1, 0.15) is 5.88 Å². The van der Waals surface area contributed by atoms with E-state index in [1.807, 2.05) is 74.7 Å². The average Bonchev–Trinajstić information content (AvgIpc) is 0.756. The number of methoxy groups -OCH3 is 1. The number of aliphatic carboxylic acids is 1. The molecule has 0 spiro atoms. The largest absolute Gasteiger partial charge is 1.00 e. The van der Waals surface area contributed by atoms with Gasteiger partial charge in [-0.1, -0.05) is 101 Å². The maximum atomic E-state index is 14.2. The fraction of sp³-hybridized carbons (Fsp3) is 0.671. The number of benzene rings is 2. The van der Waals surface area contributed by atoms with Crippen LogP contribution in [0.3, 0.4) is 0 Å². The predicted molar refractivity (Wildman–Crippen MR) is 361 cm³/mol. The van der Waals surface area contributed by atoms with E-state index in [9.17, 15) is 39.1 Å². The molecule has 6 unspecified atom stereocenters. The molecule has 4 saturated carbocycles. The van der Waals surface area contributed by atoms with Crippen LogP contribution in [0.15, 0.2) is 68.4 Å². The van der Waals surface area contributed by atoms with E-state index in [0.717, 1.165) is 80.8 Å². The van der Waals surface area contributed by atoms with E-state index >= 15 is 0 Å². The molecule has 4 aliphatic heterocycles. The van der Waals surface area contributed by atoms with Gasteiger partial charge in [0.05, 0.1) is 29.2 Å². The second kappa shape index (κ2) is 40.2. The van der Waals surface area contributed by atoms with Gasteiger partial charge in [0, 0.05) is 74.5 Å². The Labute approximate surface area is 657 Å². The SMILES string of the molecule is C.C.CCN(CC)C(=O)CCl.CCN(CC)C(=O)CO/N=C(\C(=O)O)c1nc2ccccc2n(C2C[C@H]3CCC[C@@H](C2)N3C2CC3CCCC(C3)C2)c1=O.COC(=O)/C(=N\O)c1nc2ccccc2n(C2C[C@H]3CCC[C@@H](C2)N3C2CC3CCCC(C3)C2)c1=O.O=CO[O-].[H-].[K+].[K+]. The molecule has 4 aromatic rings. The van der Waals surface area contributed by atoms with Crippen LogP contribution in [0.2, 0.25) is 0 Å². The Kier molecular flexibility index (Phi) is 34.8. The van der Waals surface area contributed by atoms with E-state index in [1.54, 1.807) is 20.4 Å². The van der Waals surface area contributed by atoms with Crippen LogP contribution in [0.4, 0.5) is 0 Å². The van der Waals surface area contributed by atoms with Crippen LogP contribution in [0.5, 0.6) is 0 Å². The molecule has 8 aliphatic rings. The minimum Gasteiger partial charge on any atom is -1.00 e. The first-order valence-corrected chi connectivity index (χ1v) is 34.3. The topological polar surface area (TPSA) is 284 Å². The number of alkyl halides is 1. The fourth-order valence-corrected chi connectivity index (χ4v) is 17.7. The Morgan fingerprint density at radius 3 is 1.29 bits per heavy atom. The van der Waals surface area contributed by atoms with E-state index in [4.69, 9.17) is 31.2 Å². The zero-order chi connectivity index (χ0) is 65.6. The van der Waals surface area contributed by atoms with Crippen molar-refractivity contribution < 1.29 is 158 Å². The van der Waals surface area contributed by atoms with E-state index in [1.165, 1.54) is 110 Å². The number of ether oxygens (including phenoxy) is 1. The number of amides is 2. The molecule has 6 heterocycles. The summed E-state index contributed by atoms with van der Waals surface area (Å²) in [6.45, 7) is 9.51. The van der Waals surface area contributed by atoms with Crippen molar-refractivity contribution >= 4 is 75.3 Å². The fourth-order valence-electron chi connectivity index (χ4n) is 17.6. The monoisotopic (exact) mass is 1400 g/mol. The first kappa shape index (κ1) is 83.1. The van der Waals surface area contributed by atoms with Crippen LogP contribution in [0.1, 0.15) is 209 Å². The van der Waals surface area contributed by atoms with Gasteiger partial charge in [-0.2, -0.15) is 0 Å². The number of fused-ring (bicyclic) bond motifs is 10. The molecule has 0 radical (unpaired) electrons. The van der Waals surface area contributed by atoms with E-state index in [2.05, 4.69) is 35.0 Å². The number of hydrogen-bond acceptors (Lipinski definition) is 18. The molecule has 2 N–H and O–H groups in total. The van der Waals surface area contributed by atoms with Crippen LogP contribution in [0.25, 0.3) is 22.1 Å². The van der Waals surface area contributed by atoms with Crippen molar-refractivity contribution in [2.45, 2.75) is 232 Å². The first-order chi connectivity index (χ1) is 44.6. The van der Waals surface area contributed by atoms with Crippen LogP contribution < -0.4 is 119 Å². The number of carboxylic acid groups (broad SMARTS) is 1. The number of likely N-dealkylation sites (N-methyl/N-ethyl adjacent to an activating group) is 1. The molecule has 8 bridgehead atoms. The van der Waals surface area contributed by atoms with Gasteiger partial charge >= 0.3 is 115 Å². The molecule has 26 heteroatoms. The van der Waals surface area contributed by atoms with Gasteiger partial charge < -0.3 is 50.4 Å². The summed E-state index contributed by atoms with van der Waals surface area (Å²) >= 11 is 5.31. The van der Waals surface area contributed by atoms with Crippen molar-refractivity contribution in [2.24, 2.45) is 34.0 Å². The number of nitrogens with zero attached hydrogens (tertiary/aromatic N) is 10. The molecule has 10 atom stereocenters. The van der Waals surface area contributed by atoms with Gasteiger partial charge in [0.2, 0.25) is 17.3 Å². The summed E-state index contributed by atoms with van der Waals surface area (Å²) in [6, 6.07) is 18.0. The average molecular weight is 1410 g/mol. The van der Waals surface area contributed by atoms with Crippen LogP contribution >= 0.6 is 11.6 Å². The van der Waals surface area contributed by atoms with Gasteiger partial charge in [-0.3, -0.25) is 33.8 Å². The molecule has 8 fully saturated rings. The number of aromatic nitrogens is 4. The van der Waals surface area contributed by atoms with Gasteiger partial charge in [-0.05, 0) is 166 Å². The zero-order valence-corrected chi connectivity index (χ0v) is 63.2. The molecule has 96 heavy (non-hydrogen) atoms. The second-order valence-electron chi connectivity index (χ2n) is 26.3. The van der Waals surface area contributed by atoms with Crippen molar-refractivity contribution in [2.75, 3.05) is 45.8 Å². The van der Waals surface area contributed by atoms with Gasteiger partial charge in [-0.15, -0.1) is 11.6 Å². The van der Waals surface area contributed by atoms with Crippen molar-refractivity contribution in [3.8, 4) is 0 Å². The molecular weight excluding hydrogens is 1300 g/mol. The Morgan fingerprint density at radius 2 is 0.958 bits per heavy atom.